The number of nitrogens with one attached hydrogen (secondary N) is 1. The maximum absolute atomic E-state index is 12.3. The third kappa shape index (κ3) is 5.91. The first kappa shape index (κ1) is 20.1. The highest BCUT2D eigenvalue weighted by molar-refractivity contribution is 7.98. The summed E-state index contributed by atoms with van der Waals surface area (Å²) in [6, 6.07) is 14.0. The molecule has 3 rings (SSSR count). The average Bonchev–Trinajstić information content (AvgIpc) is 2.69. The Balaban J connectivity index is 1.40. The summed E-state index contributed by atoms with van der Waals surface area (Å²) in [6.07, 6.45) is 4.10. The lowest BCUT2D eigenvalue weighted by atomic mass is 9.91. The molecule has 2 aromatic rings. The van der Waals surface area contributed by atoms with Crippen LogP contribution in [-0.2, 0) is 23.4 Å². The third-order valence-electron chi connectivity index (χ3n) is 4.75. The summed E-state index contributed by atoms with van der Waals surface area (Å²) in [4.78, 5) is 12.3. The van der Waals surface area contributed by atoms with Gasteiger partial charge in [0.05, 0.1) is 0 Å². The minimum absolute atomic E-state index is 0.0597. The molecule has 0 unspecified atom stereocenters. The molecule has 1 N–H and O–H groups in total. The van der Waals surface area contributed by atoms with Crippen LogP contribution in [0.3, 0.4) is 0 Å². The summed E-state index contributed by atoms with van der Waals surface area (Å²) in [6.45, 7) is 2.45. The minimum Gasteiger partial charge on any atom is -0.481 e. The molecule has 0 aromatic heterocycles. The van der Waals surface area contributed by atoms with Gasteiger partial charge in [0.15, 0.2) is 6.10 Å². The Morgan fingerprint density at radius 3 is 2.78 bits per heavy atom. The van der Waals surface area contributed by atoms with Gasteiger partial charge in [-0.3, -0.25) is 4.79 Å². The van der Waals surface area contributed by atoms with Gasteiger partial charge in [-0.15, -0.1) is 0 Å². The van der Waals surface area contributed by atoms with Crippen LogP contribution in [0.25, 0.3) is 0 Å². The molecule has 0 saturated heterocycles. The molecule has 27 heavy (non-hydrogen) atoms. The molecular weight excluding hydrogens is 378 g/mol. The Labute approximate surface area is 170 Å². The molecule has 1 aliphatic rings. The molecule has 1 aliphatic carbocycles. The highest BCUT2D eigenvalue weighted by Gasteiger charge is 2.19. The molecule has 0 radical (unpaired) electrons. The van der Waals surface area contributed by atoms with E-state index in [4.69, 9.17) is 16.3 Å². The van der Waals surface area contributed by atoms with E-state index in [2.05, 4.69) is 11.4 Å². The van der Waals surface area contributed by atoms with Crippen LogP contribution >= 0.6 is 23.4 Å². The van der Waals surface area contributed by atoms with Gasteiger partial charge < -0.3 is 10.1 Å². The highest BCUT2D eigenvalue weighted by Crippen LogP contribution is 2.30. The van der Waals surface area contributed by atoms with Gasteiger partial charge in [0, 0.05) is 23.1 Å². The van der Waals surface area contributed by atoms with Crippen molar-refractivity contribution in [3.05, 3.63) is 64.2 Å². The number of fused-ring (bicyclic) bond motifs is 1. The lowest BCUT2D eigenvalue weighted by molar-refractivity contribution is -0.127. The van der Waals surface area contributed by atoms with E-state index in [0.717, 1.165) is 35.1 Å². The molecule has 1 atom stereocenters. The predicted octanol–water partition coefficient (Wildman–Crippen LogP) is 5.04. The standard InChI is InChI=1S/C22H26ClNO2S/c1-16(26-21-8-4-6-18-5-2-3-7-20(18)21)22(25)24-13-14-27-15-17-9-11-19(23)12-10-17/h4,6,8-12,16H,2-3,5,7,13-15H2,1H3,(H,24,25)/t16-/m1/s1. The fraction of sp³-hybridized carbons (Fsp3) is 0.409. The first-order valence-corrected chi connectivity index (χ1v) is 11.0. The molecule has 5 heteroatoms. The largest absolute Gasteiger partial charge is 0.481 e. The number of rotatable bonds is 8. The van der Waals surface area contributed by atoms with E-state index in [-0.39, 0.29) is 5.91 Å². The molecule has 0 fully saturated rings. The number of hydrogen-bond donors (Lipinski definition) is 1. The number of amides is 1. The molecule has 1 amide bonds. The monoisotopic (exact) mass is 403 g/mol. The van der Waals surface area contributed by atoms with Gasteiger partial charge in [-0.2, -0.15) is 11.8 Å². The maximum atomic E-state index is 12.3. The Bertz CT molecular complexity index is 763. The Hall–Kier alpha value is -1.65. The van der Waals surface area contributed by atoms with E-state index in [1.807, 2.05) is 43.3 Å². The summed E-state index contributed by atoms with van der Waals surface area (Å²) in [5.41, 5.74) is 3.88. The topological polar surface area (TPSA) is 38.3 Å². The van der Waals surface area contributed by atoms with Crippen molar-refractivity contribution < 1.29 is 9.53 Å². The summed E-state index contributed by atoms with van der Waals surface area (Å²) >= 11 is 7.68. The van der Waals surface area contributed by atoms with Gasteiger partial charge in [0.2, 0.25) is 0 Å². The van der Waals surface area contributed by atoms with Crippen molar-refractivity contribution in [2.24, 2.45) is 0 Å². The smallest absolute Gasteiger partial charge is 0.260 e. The van der Waals surface area contributed by atoms with Crippen LogP contribution in [0.4, 0.5) is 0 Å². The summed E-state index contributed by atoms with van der Waals surface area (Å²) in [5, 5.41) is 3.73. The molecule has 0 bridgehead atoms. The van der Waals surface area contributed by atoms with Crippen molar-refractivity contribution in [3.63, 3.8) is 0 Å². The Morgan fingerprint density at radius 1 is 1.19 bits per heavy atom. The van der Waals surface area contributed by atoms with E-state index in [1.54, 1.807) is 11.8 Å². The number of hydrogen-bond acceptors (Lipinski definition) is 3. The molecule has 3 nitrogen and oxygen atoms in total. The third-order valence-corrected chi connectivity index (χ3v) is 6.04. The zero-order valence-corrected chi connectivity index (χ0v) is 17.2. The van der Waals surface area contributed by atoms with Crippen molar-refractivity contribution in [3.8, 4) is 5.75 Å². The van der Waals surface area contributed by atoms with Crippen LogP contribution in [-0.4, -0.2) is 24.3 Å². The molecule has 2 aromatic carbocycles. The second kappa shape index (κ2) is 10.0. The van der Waals surface area contributed by atoms with Crippen LogP contribution in [0, 0.1) is 0 Å². The number of carbonyl (C=O) groups excluding carboxylic acids is 1. The summed E-state index contributed by atoms with van der Waals surface area (Å²) < 4.78 is 5.98. The molecule has 0 spiro atoms. The first-order chi connectivity index (χ1) is 13.1. The number of halogens is 1. The van der Waals surface area contributed by atoms with E-state index < -0.39 is 6.10 Å². The van der Waals surface area contributed by atoms with Crippen LogP contribution in [0.5, 0.6) is 5.75 Å². The van der Waals surface area contributed by atoms with E-state index >= 15 is 0 Å². The fourth-order valence-corrected chi connectivity index (χ4v) is 4.21. The van der Waals surface area contributed by atoms with E-state index in [9.17, 15) is 4.79 Å². The van der Waals surface area contributed by atoms with Gasteiger partial charge in [-0.25, -0.2) is 0 Å². The summed E-state index contributed by atoms with van der Waals surface area (Å²) in [5.74, 6) is 2.58. The number of ether oxygens (including phenoxy) is 1. The van der Waals surface area contributed by atoms with E-state index in [0.29, 0.717) is 6.54 Å². The normalized spacial score (nSPS) is 14.3. The second-order valence-electron chi connectivity index (χ2n) is 6.83. The van der Waals surface area contributed by atoms with E-state index in [1.165, 1.54) is 29.5 Å². The van der Waals surface area contributed by atoms with Crippen molar-refractivity contribution in [2.45, 2.75) is 44.5 Å². The quantitative estimate of drug-likeness (QED) is 0.628. The van der Waals surface area contributed by atoms with Crippen LogP contribution in [0.2, 0.25) is 5.02 Å². The van der Waals surface area contributed by atoms with Crippen molar-refractivity contribution in [1.29, 1.82) is 0 Å². The fourth-order valence-electron chi connectivity index (χ4n) is 3.26. The minimum atomic E-state index is -0.486. The van der Waals surface area contributed by atoms with Crippen LogP contribution in [0.1, 0.15) is 36.5 Å². The van der Waals surface area contributed by atoms with Gasteiger partial charge in [0.1, 0.15) is 5.75 Å². The molecule has 144 valence electrons. The Kier molecular flexibility index (Phi) is 7.48. The van der Waals surface area contributed by atoms with Crippen molar-refractivity contribution in [1.82, 2.24) is 5.32 Å². The number of benzene rings is 2. The molecule has 0 aliphatic heterocycles. The predicted molar refractivity (Wildman–Crippen MR) is 114 cm³/mol. The average molecular weight is 404 g/mol. The Morgan fingerprint density at radius 2 is 1.96 bits per heavy atom. The number of thioether (sulfide) groups is 1. The van der Waals surface area contributed by atoms with Crippen molar-refractivity contribution in [2.75, 3.05) is 12.3 Å². The highest BCUT2D eigenvalue weighted by atomic mass is 35.5. The van der Waals surface area contributed by atoms with Crippen LogP contribution < -0.4 is 10.1 Å². The zero-order chi connectivity index (χ0) is 19.1. The van der Waals surface area contributed by atoms with Crippen LogP contribution in [0.15, 0.2) is 42.5 Å². The lowest BCUT2D eigenvalue weighted by Gasteiger charge is -2.22. The number of aryl methyl sites for hydroxylation is 1. The molecular formula is C22H26ClNO2S. The van der Waals surface area contributed by atoms with Gasteiger partial charge >= 0.3 is 0 Å². The first-order valence-electron chi connectivity index (χ1n) is 9.51. The lowest BCUT2D eigenvalue weighted by Crippen LogP contribution is -2.37. The van der Waals surface area contributed by atoms with Crippen molar-refractivity contribution >= 4 is 29.3 Å². The SMILES string of the molecule is C[C@@H](Oc1cccc2c1CCCC2)C(=O)NCCSCc1ccc(Cl)cc1. The molecule has 0 saturated carbocycles. The second-order valence-corrected chi connectivity index (χ2v) is 8.37. The summed E-state index contributed by atoms with van der Waals surface area (Å²) in [7, 11) is 0. The maximum Gasteiger partial charge on any atom is 0.260 e. The van der Waals surface area contributed by atoms with Gasteiger partial charge in [0.25, 0.3) is 5.91 Å². The van der Waals surface area contributed by atoms with Gasteiger partial charge in [-0.05, 0) is 67.5 Å². The molecule has 0 heterocycles. The number of carbonyl (C=O) groups is 1. The zero-order valence-electron chi connectivity index (χ0n) is 15.7. The van der Waals surface area contributed by atoms with Gasteiger partial charge in [-0.1, -0.05) is 35.9 Å².